The Balaban J connectivity index is 2.57. The van der Waals surface area contributed by atoms with E-state index in [1.165, 1.54) is 0 Å². The summed E-state index contributed by atoms with van der Waals surface area (Å²) in [5, 5.41) is -0.0203. The number of carbonyl (C=O) groups excluding carboxylic acids is 2. The quantitative estimate of drug-likeness (QED) is 0.560. The molecule has 92 valence electrons. The summed E-state index contributed by atoms with van der Waals surface area (Å²) in [4.78, 5) is 23.7. The maximum atomic E-state index is 12.1. The smallest absolute Gasteiger partial charge is 0.316 e. The number of ether oxygens (including phenoxy) is 1. The molecule has 0 aromatic heterocycles. The molecule has 0 spiro atoms. The Morgan fingerprint density at radius 3 is 2.62 bits per heavy atom. The van der Waals surface area contributed by atoms with Crippen molar-refractivity contribution in [2.45, 2.75) is 25.5 Å². The molecule has 0 aromatic carbocycles. The van der Waals surface area contributed by atoms with Crippen LogP contribution in [-0.2, 0) is 14.3 Å². The van der Waals surface area contributed by atoms with Crippen molar-refractivity contribution in [1.29, 1.82) is 0 Å². The predicted molar refractivity (Wildman–Crippen MR) is 69.0 cm³/mol. The lowest BCUT2D eigenvalue weighted by atomic mass is 9.99. The van der Waals surface area contributed by atoms with Crippen molar-refractivity contribution in [2.75, 3.05) is 23.9 Å². The number of Topliss-reactive ketones (excluding diaryl/α,β-unsaturated/α-hetero) is 1. The summed E-state index contributed by atoms with van der Waals surface area (Å²) in [6.45, 7) is 3.97. The number of carbonyl (C=O) groups is 2. The SMILES string of the molecule is CCOC(=O)C(CC)C(=O)C1CSCCS1. The van der Waals surface area contributed by atoms with Crippen LogP contribution in [0.25, 0.3) is 0 Å². The highest BCUT2D eigenvalue weighted by atomic mass is 32.2. The summed E-state index contributed by atoms with van der Waals surface area (Å²) in [6.07, 6.45) is 0.541. The van der Waals surface area contributed by atoms with Crippen LogP contribution in [0.1, 0.15) is 20.3 Å². The molecule has 0 radical (unpaired) electrons. The highest BCUT2D eigenvalue weighted by molar-refractivity contribution is 8.07. The third-order valence-corrected chi connectivity index (χ3v) is 5.23. The molecule has 0 saturated carbocycles. The first kappa shape index (κ1) is 13.9. The number of rotatable bonds is 5. The molecule has 1 fully saturated rings. The zero-order valence-electron chi connectivity index (χ0n) is 9.73. The number of ketones is 1. The van der Waals surface area contributed by atoms with Crippen molar-refractivity contribution in [3.8, 4) is 0 Å². The van der Waals surface area contributed by atoms with Gasteiger partial charge in [-0.3, -0.25) is 9.59 Å². The molecule has 2 atom stereocenters. The number of hydrogen-bond donors (Lipinski definition) is 0. The van der Waals surface area contributed by atoms with Gasteiger partial charge in [0, 0.05) is 17.3 Å². The fourth-order valence-corrected chi connectivity index (χ4v) is 4.29. The third-order valence-electron chi connectivity index (χ3n) is 2.46. The second-order valence-corrected chi connectivity index (χ2v) is 6.01. The minimum absolute atomic E-state index is 0.0203. The van der Waals surface area contributed by atoms with Crippen LogP contribution in [0.15, 0.2) is 0 Å². The second kappa shape index (κ2) is 7.22. The van der Waals surface area contributed by atoms with Gasteiger partial charge in [-0.2, -0.15) is 11.8 Å². The zero-order valence-corrected chi connectivity index (χ0v) is 11.4. The Kier molecular flexibility index (Phi) is 6.28. The van der Waals surface area contributed by atoms with E-state index in [0.717, 1.165) is 17.3 Å². The van der Waals surface area contributed by atoms with Crippen LogP contribution in [0.2, 0.25) is 0 Å². The van der Waals surface area contributed by atoms with Crippen LogP contribution in [0.4, 0.5) is 0 Å². The molecule has 5 heteroatoms. The summed E-state index contributed by atoms with van der Waals surface area (Å²) in [5.41, 5.74) is 0. The van der Waals surface area contributed by atoms with Crippen LogP contribution in [-0.4, -0.2) is 40.9 Å². The lowest BCUT2D eigenvalue weighted by molar-refractivity contribution is -0.151. The first-order chi connectivity index (χ1) is 7.70. The molecule has 0 aliphatic carbocycles. The Bertz CT molecular complexity index is 250. The van der Waals surface area contributed by atoms with Crippen molar-refractivity contribution >= 4 is 35.3 Å². The summed E-state index contributed by atoms with van der Waals surface area (Å²) in [7, 11) is 0. The normalized spacial score (nSPS) is 22.5. The fraction of sp³-hybridized carbons (Fsp3) is 0.818. The van der Waals surface area contributed by atoms with Gasteiger partial charge in [-0.25, -0.2) is 0 Å². The molecular weight excluding hydrogens is 244 g/mol. The largest absolute Gasteiger partial charge is 0.465 e. The van der Waals surface area contributed by atoms with Gasteiger partial charge in [0.05, 0.1) is 11.9 Å². The molecular formula is C11H18O3S2. The zero-order chi connectivity index (χ0) is 12.0. The second-order valence-electron chi connectivity index (χ2n) is 3.55. The van der Waals surface area contributed by atoms with Gasteiger partial charge in [0.2, 0.25) is 0 Å². The molecule has 16 heavy (non-hydrogen) atoms. The van der Waals surface area contributed by atoms with E-state index in [1.54, 1.807) is 30.4 Å². The maximum absolute atomic E-state index is 12.1. The first-order valence-corrected chi connectivity index (χ1v) is 7.80. The van der Waals surface area contributed by atoms with Gasteiger partial charge in [-0.15, -0.1) is 11.8 Å². The Morgan fingerprint density at radius 2 is 2.12 bits per heavy atom. The van der Waals surface area contributed by atoms with Crippen LogP contribution in [0, 0.1) is 5.92 Å². The van der Waals surface area contributed by atoms with Gasteiger partial charge in [-0.1, -0.05) is 6.92 Å². The van der Waals surface area contributed by atoms with E-state index in [1.807, 2.05) is 6.92 Å². The van der Waals surface area contributed by atoms with E-state index >= 15 is 0 Å². The third kappa shape index (κ3) is 3.70. The van der Waals surface area contributed by atoms with Gasteiger partial charge in [0.25, 0.3) is 0 Å². The molecule has 0 aromatic rings. The van der Waals surface area contributed by atoms with Gasteiger partial charge in [0.15, 0.2) is 5.78 Å². The van der Waals surface area contributed by atoms with E-state index in [0.29, 0.717) is 13.0 Å². The summed E-state index contributed by atoms with van der Waals surface area (Å²) in [6, 6.07) is 0. The topological polar surface area (TPSA) is 43.4 Å². The van der Waals surface area contributed by atoms with Crippen LogP contribution >= 0.6 is 23.5 Å². The first-order valence-electron chi connectivity index (χ1n) is 5.60. The van der Waals surface area contributed by atoms with Crippen LogP contribution in [0.5, 0.6) is 0 Å². The lowest BCUT2D eigenvalue weighted by Gasteiger charge is -2.23. The summed E-state index contributed by atoms with van der Waals surface area (Å²) >= 11 is 3.46. The number of hydrogen-bond acceptors (Lipinski definition) is 5. The van der Waals surface area contributed by atoms with Crippen molar-refractivity contribution in [1.82, 2.24) is 0 Å². The summed E-state index contributed by atoms with van der Waals surface area (Å²) in [5.74, 6) is 2.07. The standard InChI is InChI=1S/C11H18O3S2/c1-3-8(11(13)14-4-2)10(12)9-7-15-5-6-16-9/h8-9H,3-7H2,1-2H3. The van der Waals surface area contributed by atoms with E-state index in [4.69, 9.17) is 4.74 Å². The van der Waals surface area contributed by atoms with Gasteiger partial charge < -0.3 is 4.74 Å². The molecule has 2 unspecified atom stereocenters. The fourth-order valence-electron chi connectivity index (χ4n) is 1.60. The minimum atomic E-state index is -0.559. The van der Waals surface area contributed by atoms with E-state index < -0.39 is 5.92 Å². The Morgan fingerprint density at radius 1 is 1.38 bits per heavy atom. The monoisotopic (exact) mass is 262 g/mol. The molecule has 1 heterocycles. The maximum Gasteiger partial charge on any atom is 0.316 e. The van der Waals surface area contributed by atoms with Crippen LogP contribution in [0.3, 0.4) is 0 Å². The Hall–Kier alpha value is -0.160. The molecule has 1 rings (SSSR count). The van der Waals surface area contributed by atoms with Gasteiger partial charge >= 0.3 is 5.97 Å². The molecule has 1 aliphatic heterocycles. The van der Waals surface area contributed by atoms with Crippen molar-refractivity contribution in [3.63, 3.8) is 0 Å². The Labute approximate surface area is 105 Å². The van der Waals surface area contributed by atoms with Crippen molar-refractivity contribution in [2.24, 2.45) is 5.92 Å². The predicted octanol–water partition coefficient (Wildman–Crippen LogP) is 1.99. The lowest BCUT2D eigenvalue weighted by Crippen LogP contribution is -2.35. The summed E-state index contributed by atoms with van der Waals surface area (Å²) < 4.78 is 4.93. The van der Waals surface area contributed by atoms with E-state index in [2.05, 4.69) is 0 Å². The van der Waals surface area contributed by atoms with Gasteiger partial charge in [0.1, 0.15) is 5.92 Å². The average molecular weight is 262 g/mol. The molecule has 1 saturated heterocycles. The molecule has 0 bridgehead atoms. The highest BCUT2D eigenvalue weighted by Crippen LogP contribution is 2.27. The molecule has 3 nitrogen and oxygen atoms in total. The minimum Gasteiger partial charge on any atom is -0.465 e. The number of esters is 1. The van der Waals surface area contributed by atoms with Crippen molar-refractivity contribution in [3.05, 3.63) is 0 Å². The van der Waals surface area contributed by atoms with Crippen molar-refractivity contribution < 1.29 is 14.3 Å². The number of thioether (sulfide) groups is 2. The molecule has 0 amide bonds. The van der Waals surface area contributed by atoms with E-state index in [9.17, 15) is 9.59 Å². The van der Waals surface area contributed by atoms with Gasteiger partial charge in [-0.05, 0) is 13.3 Å². The molecule has 0 N–H and O–H groups in total. The molecule has 1 aliphatic rings. The van der Waals surface area contributed by atoms with Crippen LogP contribution < -0.4 is 0 Å². The highest BCUT2D eigenvalue weighted by Gasteiger charge is 2.33. The van der Waals surface area contributed by atoms with E-state index in [-0.39, 0.29) is 17.0 Å². The average Bonchev–Trinajstić information content (AvgIpc) is 2.31.